The third-order valence-corrected chi connectivity index (χ3v) is 14.5. The number of hydrogen-bond acceptors (Lipinski definition) is 3. The molecule has 0 aliphatic heterocycles. The van der Waals surface area contributed by atoms with Crippen LogP contribution >= 0.6 is 0 Å². The highest BCUT2D eigenvalue weighted by molar-refractivity contribution is 6.25. The Morgan fingerprint density at radius 3 is 1.53 bits per heavy atom. The summed E-state index contributed by atoms with van der Waals surface area (Å²) in [4.78, 5) is 9.18. The Morgan fingerprint density at radius 2 is 0.868 bits per heavy atom. The van der Waals surface area contributed by atoms with Crippen LogP contribution in [-0.2, 0) is 5.41 Å². The van der Waals surface area contributed by atoms with Crippen molar-refractivity contribution in [3.63, 3.8) is 0 Å². The zero-order chi connectivity index (χ0) is 44.9. The Bertz CT molecular complexity index is 3980. The third-order valence-electron chi connectivity index (χ3n) is 14.5. The molecule has 0 saturated carbocycles. The average molecular weight is 870 g/mol. The number of nitrogens with zero attached hydrogens (tertiary/aromatic N) is 3. The molecular formula is C64H40FN3. The lowest BCUT2D eigenvalue weighted by Crippen LogP contribution is -2.26. The SMILES string of the molecule is Fc1cccnc1N(c1ccc2ccccc2c1)c1cc2c3ccccc3c(N(c3ccccc3)c3cccc4c3-c3ccccc3C43c4ccccc4-c4ccccc43)cc2c2ccccc12. The lowest BCUT2D eigenvalue weighted by Gasteiger charge is -2.32. The summed E-state index contributed by atoms with van der Waals surface area (Å²) in [6, 6.07) is 84.4. The summed E-state index contributed by atoms with van der Waals surface area (Å²) in [5, 5.41) is 8.58. The van der Waals surface area contributed by atoms with Crippen molar-refractivity contribution in [1.29, 1.82) is 0 Å². The van der Waals surface area contributed by atoms with Crippen LogP contribution in [0.3, 0.4) is 0 Å². The summed E-state index contributed by atoms with van der Waals surface area (Å²) in [5.74, 6) is -0.154. The number of halogens is 1. The minimum atomic E-state index is -0.487. The predicted molar refractivity (Wildman–Crippen MR) is 280 cm³/mol. The molecular weight excluding hydrogens is 830 g/mol. The fourth-order valence-electron chi connectivity index (χ4n) is 11.8. The normalized spacial score (nSPS) is 12.9. The minimum Gasteiger partial charge on any atom is -0.309 e. The Hall–Kier alpha value is -8.86. The third kappa shape index (κ3) is 5.37. The second-order valence-corrected chi connectivity index (χ2v) is 17.9. The molecule has 1 spiro atoms. The molecule has 4 heteroatoms. The van der Waals surface area contributed by atoms with Gasteiger partial charge in [0.1, 0.15) is 0 Å². The first kappa shape index (κ1) is 38.4. The van der Waals surface area contributed by atoms with Gasteiger partial charge in [-0.2, -0.15) is 0 Å². The van der Waals surface area contributed by atoms with Crippen molar-refractivity contribution in [2.75, 3.05) is 9.80 Å². The summed E-state index contributed by atoms with van der Waals surface area (Å²) < 4.78 is 16.3. The van der Waals surface area contributed by atoms with Crippen LogP contribution < -0.4 is 9.80 Å². The Morgan fingerprint density at radius 1 is 0.338 bits per heavy atom. The van der Waals surface area contributed by atoms with Gasteiger partial charge in [-0.15, -0.1) is 0 Å². The van der Waals surface area contributed by atoms with Gasteiger partial charge in [-0.25, -0.2) is 9.37 Å². The van der Waals surface area contributed by atoms with E-state index in [1.54, 1.807) is 12.3 Å². The Labute approximate surface area is 393 Å². The van der Waals surface area contributed by atoms with Crippen LogP contribution in [0.5, 0.6) is 0 Å². The van der Waals surface area contributed by atoms with E-state index >= 15 is 4.39 Å². The fourth-order valence-corrected chi connectivity index (χ4v) is 11.8. The summed E-state index contributed by atoms with van der Waals surface area (Å²) in [5.41, 5.74) is 14.7. The molecule has 0 N–H and O–H groups in total. The number of anilines is 6. The molecule has 0 radical (unpaired) electrons. The van der Waals surface area contributed by atoms with Gasteiger partial charge in [0.2, 0.25) is 0 Å². The molecule has 2 aliphatic carbocycles. The van der Waals surface area contributed by atoms with E-state index in [0.29, 0.717) is 0 Å². The van der Waals surface area contributed by atoms with Gasteiger partial charge in [0, 0.05) is 33.9 Å². The van der Waals surface area contributed by atoms with Crippen LogP contribution in [0.1, 0.15) is 22.3 Å². The quantitative estimate of drug-likeness (QED) is 0.155. The highest BCUT2D eigenvalue weighted by Gasteiger charge is 2.52. The molecule has 2 aliphatic rings. The average Bonchev–Trinajstić information content (AvgIpc) is 3.88. The van der Waals surface area contributed by atoms with Crippen LogP contribution in [0, 0.1) is 5.82 Å². The topological polar surface area (TPSA) is 19.4 Å². The molecule has 14 rings (SSSR count). The molecule has 318 valence electrons. The maximum absolute atomic E-state index is 16.3. The summed E-state index contributed by atoms with van der Waals surface area (Å²) in [6.45, 7) is 0. The number of rotatable bonds is 6. The molecule has 1 aromatic heterocycles. The van der Waals surface area contributed by atoms with E-state index in [4.69, 9.17) is 4.98 Å². The van der Waals surface area contributed by atoms with Crippen LogP contribution in [0.15, 0.2) is 243 Å². The first-order valence-electron chi connectivity index (χ1n) is 23.2. The van der Waals surface area contributed by atoms with Crippen molar-refractivity contribution in [2.45, 2.75) is 5.41 Å². The van der Waals surface area contributed by atoms with Crippen molar-refractivity contribution < 1.29 is 4.39 Å². The van der Waals surface area contributed by atoms with Crippen molar-refractivity contribution in [1.82, 2.24) is 4.98 Å². The number of pyridine rings is 1. The number of fused-ring (bicyclic) bond motifs is 16. The van der Waals surface area contributed by atoms with Gasteiger partial charge < -0.3 is 4.90 Å². The second kappa shape index (κ2) is 14.8. The largest absolute Gasteiger partial charge is 0.309 e. The molecule has 0 atom stereocenters. The van der Waals surface area contributed by atoms with E-state index < -0.39 is 11.2 Å². The van der Waals surface area contributed by atoms with Gasteiger partial charge in [-0.3, -0.25) is 4.90 Å². The molecule has 0 saturated heterocycles. The summed E-state index contributed by atoms with van der Waals surface area (Å²) >= 11 is 0. The Balaban J connectivity index is 1.06. The molecule has 0 bridgehead atoms. The maximum atomic E-state index is 16.3. The highest BCUT2D eigenvalue weighted by atomic mass is 19.1. The zero-order valence-corrected chi connectivity index (χ0v) is 36.8. The number of hydrogen-bond donors (Lipinski definition) is 0. The standard InChI is InChI=1S/C64H40FN3/c65-58-33-17-37-66-63(58)68(44-36-35-41-18-4-5-19-42(41)38-44)61-40-53-45-22-6-8-26-49(45)60(39-52(53)46-23-7-9-27-50(46)61)67(43-20-2-1-3-21-43)59-34-16-32-57-62(59)51-28-12-15-31-56(51)64(57)54-29-13-10-24-47(54)48-25-11-14-30-55(48)64/h1-40H. The molecule has 0 fully saturated rings. The molecule has 0 unspecified atom stereocenters. The van der Waals surface area contributed by atoms with E-state index in [0.717, 1.165) is 71.5 Å². The maximum Gasteiger partial charge on any atom is 0.174 e. The van der Waals surface area contributed by atoms with Crippen molar-refractivity contribution in [2.24, 2.45) is 0 Å². The first-order valence-corrected chi connectivity index (χ1v) is 23.2. The van der Waals surface area contributed by atoms with Crippen molar-refractivity contribution >= 4 is 77.3 Å². The molecule has 3 nitrogen and oxygen atoms in total. The smallest absolute Gasteiger partial charge is 0.174 e. The van der Waals surface area contributed by atoms with E-state index in [9.17, 15) is 0 Å². The van der Waals surface area contributed by atoms with Crippen molar-refractivity contribution in [3.05, 3.63) is 271 Å². The van der Waals surface area contributed by atoms with E-state index in [1.165, 1.54) is 50.6 Å². The van der Waals surface area contributed by atoms with Gasteiger partial charge in [0.15, 0.2) is 11.6 Å². The van der Waals surface area contributed by atoms with Gasteiger partial charge in [-0.05, 0) is 126 Å². The van der Waals surface area contributed by atoms with Crippen molar-refractivity contribution in [3.8, 4) is 22.3 Å². The summed E-state index contributed by atoms with van der Waals surface area (Å²) in [6.07, 6.45) is 1.67. The van der Waals surface area contributed by atoms with Gasteiger partial charge >= 0.3 is 0 Å². The Kier molecular flexibility index (Phi) is 8.38. The summed E-state index contributed by atoms with van der Waals surface area (Å²) in [7, 11) is 0. The minimum absolute atomic E-state index is 0.243. The van der Waals surface area contributed by atoms with E-state index in [2.05, 4.69) is 217 Å². The monoisotopic (exact) mass is 869 g/mol. The lowest BCUT2D eigenvalue weighted by atomic mass is 9.70. The lowest BCUT2D eigenvalue weighted by molar-refractivity contribution is 0.623. The number of benzene rings is 11. The van der Waals surface area contributed by atoms with E-state index in [-0.39, 0.29) is 5.82 Å². The molecule has 1 heterocycles. The van der Waals surface area contributed by atoms with Gasteiger partial charge in [0.25, 0.3) is 0 Å². The van der Waals surface area contributed by atoms with Crippen LogP contribution in [0.25, 0.3) is 65.3 Å². The van der Waals surface area contributed by atoms with Gasteiger partial charge in [0.05, 0.1) is 22.5 Å². The predicted octanol–water partition coefficient (Wildman–Crippen LogP) is 17.1. The van der Waals surface area contributed by atoms with Gasteiger partial charge in [-0.1, -0.05) is 182 Å². The van der Waals surface area contributed by atoms with Crippen LogP contribution in [0.4, 0.5) is 38.6 Å². The van der Waals surface area contributed by atoms with Crippen LogP contribution in [-0.4, -0.2) is 4.98 Å². The molecule has 12 aromatic rings. The zero-order valence-electron chi connectivity index (χ0n) is 36.8. The molecule has 0 amide bonds. The van der Waals surface area contributed by atoms with Crippen LogP contribution in [0.2, 0.25) is 0 Å². The van der Waals surface area contributed by atoms with E-state index in [1.807, 2.05) is 17.0 Å². The first-order chi connectivity index (χ1) is 33.7. The molecule has 68 heavy (non-hydrogen) atoms. The number of para-hydroxylation sites is 1. The second-order valence-electron chi connectivity index (χ2n) is 17.9. The highest BCUT2D eigenvalue weighted by Crippen LogP contribution is 2.65. The molecule has 11 aromatic carbocycles. The fraction of sp³-hybridized carbons (Fsp3) is 0.0156. The number of aromatic nitrogens is 1.